The van der Waals surface area contributed by atoms with Crippen LogP contribution in [0.5, 0.6) is 0 Å². The number of esters is 2. The van der Waals surface area contributed by atoms with E-state index in [1.807, 2.05) is 0 Å². The van der Waals surface area contributed by atoms with Gasteiger partial charge in [0.1, 0.15) is 0 Å². The van der Waals surface area contributed by atoms with E-state index in [1.54, 1.807) is 13.8 Å². The van der Waals surface area contributed by atoms with E-state index in [0.29, 0.717) is 0 Å². The molecule has 0 aromatic rings. The number of hydrogen-bond donors (Lipinski definition) is 1. The molecule has 27 heavy (non-hydrogen) atoms. The van der Waals surface area contributed by atoms with Gasteiger partial charge < -0.3 is 19.1 Å². The third-order valence-corrected chi connectivity index (χ3v) is 5.20. The molecule has 0 rings (SSSR count). The predicted molar refractivity (Wildman–Crippen MR) is 94.4 cm³/mol. The molecule has 0 aliphatic carbocycles. The first-order valence-electron chi connectivity index (χ1n) is 8.20. The molecule has 0 saturated heterocycles. The number of aliphatic hydroxyl groups is 1. The summed E-state index contributed by atoms with van der Waals surface area (Å²) in [6.07, 6.45) is -3.11. The molecule has 0 saturated carbocycles. The van der Waals surface area contributed by atoms with Crippen molar-refractivity contribution in [2.45, 2.75) is 53.4 Å². The summed E-state index contributed by atoms with van der Waals surface area (Å²) in [7, 11) is -4.02. The van der Waals surface area contributed by atoms with Gasteiger partial charge >= 0.3 is 11.9 Å². The molecule has 2 unspecified atom stereocenters. The van der Waals surface area contributed by atoms with Crippen LogP contribution in [0.1, 0.15) is 41.0 Å². The zero-order valence-corrected chi connectivity index (χ0v) is 17.6. The summed E-state index contributed by atoms with van der Waals surface area (Å²) < 4.78 is 58.7. The molecular weight excluding hydrogens is 404 g/mol. The van der Waals surface area contributed by atoms with E-state index in [9.17, 15) is 31.9 Å². The number of aliphatic hydroxyl groups excluding tert-OH is 1. The SMILES string of the molecule is CC(OC(=O)C(C)C)OC(=O)[C@H](O)C(C)(C)COS(=O)(=O)CCCS(=O)[O-]. The van der Waals surface area contributed by atoms with Gasteiger partial charge in [-0.1, -0.05) is 38.8 Å². The molecule has 0 amide bonds. The fourth-order valence-corrected chi connectivity index (χ4v) is 3.27. The summed E-state index contributed by atoms with van der Waals surface area (Å²) in [6.45, 7) is 6.73. The third-order valence-electron chi connectivity index (χ3n) is 3.31. The summed E-state index contributed by atoms with van der Waals surface area (Å²) in [5.74, 6) is -2.96. The Morgan fingerprint density at radius 3 is 2.15 bits per heavy atom. The quantitative estimate of drug-likeness (QED) is 0.194. The van der Waals surface area contributed by atoms with E-state index >= 15 is 0 Å². The van der Waals surface area contributed by atoms with Crippen LogP contribution in [-0.2, 0) is 44.4 Å². The Hall–Kier alpha value is -1.08. The van der Waals surface area contributed by atoms with Crippen LogP contribution in [0.25, 0.3) is 0 Å². The molecule has 3 atom stereocenters. The van der Waals surface area contributed by atoms with Crippen LogP contribution in [0.2, 0.25) is 0 Å². The minimum atomic E-state index is -4.02. The highest BCUT2D eigenvalue weighted by Crippen LogP contribution is 2.24. The molecule has 0 aliphatic heterocycles. The Kier molecular flexibility index (Phi) is 10.6. The maximum Gasteiger partial charge on any atom is 0.338 e. The number of carbonyl (C=O) groups excluding carboxylic acids is 2. The molecule has 1 N–H and O–H groups in total. The molecule has 0 aromatic heterocycles. The first kappa shape index (κ1) is 25.9. The van der Waals surface area contributed by atoms with Crippen LogP contribution < -0.4 is 0 Å². The maximum atomic E-state index is 12.0. The van der Waals surface area contributed by atoms with Crippen molar-refractivity contribution in [1.29, 1.82) is 0 Å². The van der Waals surface area contributed by atoms with Crippen molar-refractivity contribution < 1.29 is 45.5 Å². The van der Waals surface area contributed by atoms with Gasteiger partial charge in [-0.25, -0.2) is 4.79 Å². The van der Waals surface area contributed by atoms with Crippen molar-refractivity contribution in [1.82, 2.24) is 0 Å². The lowest BCUT2D eigenvalue weighted by molar-refractivity contribution is -0.196. The largest absolute Gasteiger partial charge is 0.772 e. The second-order valence-electron chi connectivity index (χ2n) is 6.87. The van der Waals surface area contributed by atoms with E-state index in [2.05, 4.69) is 0 Å². The highest BCUT2D eigenvalue weighted by Gasteiger charge is 2.37. The zero-order valence-electron chi connectivity index (χ0n) is 16.0. The van der Waals surface area contributed by atoms with E-state index < -0.39 is 69.2 Å². The standard InChI is InChI=1S/C15H28O10S2/c1-10(2)13(17)24-11(3)25-14(18)12(16)15(4,5)9-23-27(21,22)8-6-7-26(19)20/h10-12,16H,6-9H2,1-5H3,(H,19,20)/p-1/t11?,12-/m0/s1. The summed E-state index contributed by atoms with van der Waals surface area (Å²) in [5.41, 5.74) is -1.34. The van der Waals surface area contributed by atoms with Crippen molar-refractivity contribution in [3.8, 4) is 0 Å². The molecular formula is C15H27O10S2-. The third kappa shape index (κ3) is 10.7. The van der Waals surface area contributed by atoms with Crippen LogP contribution in [-0.4, -0.2) is 64.7 Å². The minimum Gasteiger partial charge on any atom is -0.772 e. The van der Waals surface area contributed by atoms with Crippen LogP contribution in [0.4, 0.5) is 0 Å². The molecule has 0 aliphatic rings. The smallest absolute Gasteiger partial charge is 0.338 e. The lowest BCUT2D eigenvalue weighted by Gasteiger charge is -2.29. The maximum absolute atomic E-state index is 12.0. The zero-order chi connectivity index (χ0) is 21.4. The Labute approximate surface area is 162 Å². The summed E-state index contributed by atoms with van der Waals surface area (Å²) in [4.78, 5) is 23.4. The molecule has 0 spiro atoms. The van der Waals surface area contributed by atoms with Gasteiger partial charge in [0.15, 0.2) is 6.10 Å². The first-order valence-corrected chi connectivity index (χ1v) is 11.0. The van der Waals surface area contributed by atoms with Crippen molar-refractivity contribution in [2.24, 2.45) is 11.3 Å². The Morgan fingerprint density at radius 1 is 1.15 bits per heavy atom. The van der Waals surface area contributed by atoms with Gasteiger partial charge in [0, 0.05) is 18.1 Å². The van der Waals surface area contributed by atoms with E-state index in [-0.39, 0.29) is 12.2 Å². The molecule has 0 radical (unpaired) electrons. The van der Waals surface area contributed by atoms with E-state index in [0.717, 1.165) is 0 Å². The fraction of sp³-hybridized carbons (Fsp3) is 0.867. The summed E-state index contributed by atoms with van der Waals surface area (Å²) in [5, 5.41) is 10.1. The Bertz CT molecular complexity index is 627. The van der Waals surface area contributed by atoms with Gasteiger partial charge in [0.2, 0.25) is 6.29 Å². The average Bonchev–Trinajstić information content (AvgIpc) is 2.51. The number of rotatable bonds is 12. The van der Waals surface area contributed by atoms with Crippen LogP contribution >= 0.6 is 0 Å². The van der Waals surface area contributed by atoms with Crippen molar-refractivity contribution in [3.05, 3.63) is 0 Å². The first-order chi connectivity index (χ1) is 12.2. The van der Waals surface area contributed by atoms with Gasteiger partial charge in [0.05, 0.1) is 18.3 Å². The fourth-order valence-electron chi connectivity index (χ4n) is 1.60. The normalized spacial score (nSPS) is 15.9. The molecule has 0 bridgehead atoms. The second kappa shape index (κ2) is 11.1. The van der Waals surface area contributed by atoms with Crippen molar-refractivity contribution in [3.63, 3.8) is 0 Å². The van der Waals surface area contributed by atoms with Gasteiger partial charge in [-0.15, -0.1) is 0 Å². The molecule has 0 fully saturated rings. The molecule has 160 valence electrons. The lowest BCUT2D eigenvalue weighted by atomic mass is 9.88. The Morgan fingerprint density at radius 2 is 1.67 bits per heavy atom. The molecule has 0 aromatic carbocycles. The molecule has 10 nitrogen and oxygen atoms in total. The van der Waals surface area contributed by atoms with Gasteiger partial charge in [0.25, 0.3) is 10.1 Å². The van der Waals surface area contributed by atoms with E-state index in [4.69, 9.17) is 13.7 Å². The highest BCUT2D eigenvalue weighted by molar-refractivity contribution is 7.86. The van der Waals surface area contributed by atoms with Gasteiger partial charge in [-0.2, -0.15) is 8.42 Å². The predicted octanol–water partition coefficient (Wildman–Crippen LogP) is 0.0775. The minimum absolute atomic E-state index is 0.137. The van der Waals surface area contributed by atoms with Crippen LogP contribution in [0.3, 0.4) is 0 Å². The monoisotopic (exact) mass is 431 g/mol. The van der Waals surface area contributed by atoms with E-state index in [1.165, 1.54) is 20.8 Å². The number of carbonyl (C=O) groups is 2. The summed E-state index contributed by atoms with van der Waals surface area (Å²) >= 11 is -2.36. The van der Waals surface area contributed by atoms with Crippen molar-refractivity contribution in [2.75, 3.05) is 18.1 Å². The van der Waals surface area contributed by atoms with Gasteiger partial charge in [-0.3, -0.25) is 13.2 Å². The topological polar surface area (TPSA) is 156 Å². The van der Waals surface area contributed by atoms with Crippen LogP contribution in [0.15, 0.2) is 0 Å². The van der Waals surface area contributed by atoms with Crippen molar-refractivity contribution >= 4 is 33.1 Å². The Balaban J connectivity index is 4.64. The molecule has 0 heterocycles. The number of hydrogen-bond acceptors (Lipinski definition) is 10. The highest BCUT2D eigenvalue weighted by atomic mass is 32.2. The number of ether oxygens (including phenoxy) is 2. The second-order valence-corrected chi connectivity index (χ2v) is 9.65. The molecule has 12 heteroatoms. The summed E-state index contributed by atoms with van der Waals surface area (Å²) in [6, 6.07) is 0. The lowest BCUT2D eigenvalue weighted by Crippen LogP contribution is -2.43. The van der Waals surface area contributed by atoms with Crippen LogP contribution in [0, 0.1) is 11.3 Å². The average molecular weight is 432 g/mol. The van der Waals surface area contributed by atoms with Gasteiger partial charge in [-0.05, 0) is 6.42 Å².